The maximum absolute atomic E-state index is 2.57. The van der Waals surface area contributed by atoms with Gasteiger partial charge in [0.05, 0.1) is 5.69 Å². The molecule has 0 bridgehead atoms. The minimum absolute atomic E-state index is 0.208. The van der Waals surface area contributed by atoms with Crippen LogP contribution in [0.5, 0.6) is 0 Å². The van der Waals surface area contributed by atoms with Crippen LogP contribution >= 0.6 is 0 Å². The summed E-state index contributed by atoms with van der Waals surface area (Å²) in [4.78, 5) is 2.57. The summed E-state index contributed by atoms with van der Waals surface area (Å²) < 4.78 is 0. The summed E-state index contributed by atoms with van der Waals surface area (Å²) in [6.07, 6.45) is 0. The Morgan fingerprint density at radius 3 is 1.35 bits per heavy atom. The lowest BCUT2D eigenvalue weighted by atomic mass is 9.75. The zero-order valence-corrected chi connectivity index (χ0v) is 28.5. The molecule has 0 saturated carbocycles. The van der Waals surface area contributed by atoms with E-state index in [2.05, 4.69) is 196 Å². The van der Waals surface area contributed by atoms with Crippen LogP contribution in [0.4, 0.5) is 17.1 Å². The van der Waals surface area contributed by atoms with Gasteiger partial charge in [-0.25, -0.2) is 0 Å². The number of benzene rings is 7. The highest BCUT2D eigenvalue weighted by Crippen LogP contribution is 2.62. The number of hydrogen-bond donors (Lipinski definition) is 0. The average Bonchev–Trinajstić information content (AvgIpc) is 3.52. The van der Waals surface area contributed by atoms with E-state index in [1.807, 2.05) is 0 Å². The van der Waals surface area contributed by atoms with Crippen molar-refractivity contribution in [3.63, 3.8) is 0 Å². The van der Waals surface area contributed by atoms with E-state index < -0.39 is 0 Å². The minimum atomic E-state index is -0.208. The van der Waals surface area contributed by atoms with E-state index in [9.17, 15) is 0 Å². The van der Waals surface area contributed by atoms with Crippen molar-refractivity contribution in [2.75, 3.05) is 4.90 Å². The molecule has 7 aromatic rings. The third-order valence-electron chi connectivity index (χ3n) is 11.0. The van der Waals surface area contributed by atoms with E-state index in [1.54, 1.807) is 0 Å². The predicted molar refractivity (Wildman–Crippen MR) is 207 cm³/mol. The second kappa shape index (κ2) is 10.9. The van der Waals surface area contributed by atoms with Gasteiger partial charge in [0.25, 0.3) is 0 Å². The minimum Gasteiger partial charge on any atom is -0.310 e. The Bertz CT molecular complexity index is 2280. The van der Waals surface area contributed by atoms with Gasteiger partial charge >= 0.3 is 0 Å². The summed E-state index contributed by atoms with van der Waals surface area (Å²) in [5.74, 6) is 0. The van der Waals surface area contributed by atoms with Crippen LogP contribution in [0, 0.1) is 0 Å². The van der Waals surface area contributed by atoms with Crippen LogP contribution in [0.15, 0.2) is 164 Å². The molecule has 2 aliphatic rings. The highest BCUT2D eigenvalue weighted by atomic mass is 15.2. The third-order valence-corrected chi connectivity index (χ3v) is 11.0. The highest BCUT2D eigenvalue weighted by Gasteiger charge is 2.46. The molecule has 1 heteroatoms. The van der Waals surface area contributed by atoms with Crippen LogP contribution < -0.4 is 4.90 Å². The molecule has 0 N–H and O–H groups in total. The topological polar surface area (TPSA) is 3.24 Å². The lowest BCUT2D eigenvalue weighted by Crippen LogP contribution is -2.26. The highest BCUT2D eigenvalue weighted by molar-refractivity contribution is 6.00. The summed E-state index contributed by atoms with van der Waals surface area (Å²) in [5, 5.41) is 0. The van der Waals surface area contributed by atoms with Crippen molar-refractivity contribution >= 4 is 17.1 Å². The summed E-state index contributed by atoms with van der Waals surface area (Å²) in [7, 11) is 0. The SMILES string of the molecule is CC1(C)c2ccccc2-c2cc3c(c(N(c4ccc(-c5ccccc5)cc4)c4cccc(-c5ccccc5)c4)c21)C(C)(C)c1ccccc1-3. The zero-order chi connectivity index (χ0) is 33.3. The third kappa shape index (κ3) is 4.46. The maximum Gasteiger partial charge on any atom is 0.0555 e. The Hall–Kier alpha value is -5.66. The largest absolute Gasteiger partial charge is 0.310 e. The second-order valence-electron chi connectivity index (χ2n) is 14.6. The number of hydrogen-bond acceptors (Lipinski definition) is 1. The van der Waals surface area contributed by atoms with Gasteiger partial charge in [0.2, 0.25) is 0 Å². The van der Waals surface area contributed by atoms with Gasteiger partial charge in [-0.05, 0) is 97.1 Å². The summed E-state index contributed by atoms with van der Waals surface area (Å²) in [6, 6.07) is 60.3. The fourth-order valence-electron chi connectivity index (χ4n) is 8.67. The van der Waals surface area contributed by atoms with Crippen LogP contribution in [0.2, 0.25) is 0 Å². The van der Waals surface area contributed by atoms with Crippen molar-refractivity contribution in [1.29, 1.82) is 0 Å². The first-order valence-electron chi connectivity index (χ1n) is 17.4. The molecule has 49 heavy (non-hydrogen) atoms. The molecule has 7 aromatic carbocycles. The predicted octanol–water partition coefficient (Wildman–Crippen LogP) is 13.1. The molecular formula is C48H39N. The average molecular weight is 630 g/mol. The van der Waals surface area contributed by atoms with E-state index in [-0.39, 0.29) is 10.8 Å². The van der Waals surface area contributed by atoms with Gasteiger partial charge in [0, 0.05) is 22.2 Å². The normalized spacial score (nSPS) is 14.4. The van der Waals surface area contributed by atoms with Gasteiger partial charge in [-0.15, -0.1) is 0 Å². The van der Waals surface area contributed by atoms with Crippen molar-refractivity contribution in [2.45, 2.75) is 38.5 Å². The lowest BCUT2D eigenvalue weighted by Gasteiger charge is -2.37. The lowest BCUT2D eigenvalue weighted by molar-refractivity contribution is 0.640. The van der Waals surface area contributed by atoms with Gasteiger partial charge in [-0.2, -0.15) is 0 Å². The zero-order valence-electron chi connectivity index (χ0n) is 28.5. The maximum atomic E-state index is 2.57. The smallest absolute Gasteiger partial charge is 0.0555 e. The van der Waals surface area contributed by atoms with E-state index in [1.165, 1.54) is 72.4 Å². The molecule has 9 rings (SSSR count). The van der Waals surface area contributed by atoms with Crippen LogP contribution in [-0.4, -0.2) is 0 Å². The molecule has 0 atom stereocenters. The van der Waals surface area contributed by atoms with Crippen LogP contribution in [-0.2, 0) is 10.8 Å². The second-order valence-corrected chi connectivity index (χ2v) is 14.6. The van der Waals surface area contributed by atoms with Gasteiger partial charge in [-0.3, -0.25) is 0 Å². The molecule has 0 aliphatic heterocycles. The van der Waals surface area contributed by atoms with Gasteiger partial charge in [0.1, 0.15) is 0 Å². The molecule has 0 amide bonds. The van der Waals surface area contributed by atoms with Crippen LogP contribution in [0.1, 0.15) is 49.9 Å². The fraction of sp³-hybridized carbons (Fsp3) is 0.125. The molecular weight excluding hydrogens is 591 g/mol. The Balaban J connectivity index is 1.38. The molecule has 0 spiro atoms. The van der Waals surface area contributed by atoms with Crippen molar-refractivity contribution in [3.05, 3.63) is 186 Å². The molecule has 1 nitrogen and oxygen atoms in total. The monoisotopic (exact) mass is 629 g/mol. The van der Waals surface area contributed by atoms with Crippen LogP contribution in [0.3, 0.4) is 0 Å². The molecule has 0 saturated heterocycles. The van der Waals surface area contributed by atoms with Crippen molar-refractivity contribution in [2.24, 2.45) is 0 Å². The molecule has 236 valence electrons. The Morgan fingerprint density at radius 1 is 0.347 bits per heavy atom. The Morgan fingerprint density at radius 2 is 0.796 bits per heavy atom. The first-order chi connectivity index (χ1) is 23.8. The van der Waals surface area contributed by atoms with Gasteiger partial charge in [0.15, 0.2) is 0 Å². The molecule has 0 aromatic heterocycles. The van der Waals surface area contributed by atoms with E-state index in [0.29, 0.717) is 0 Å². The summed E-state index contributed by atoms with van der Waals surface area (Å²) in [6.45, 7) is 9.67. The summed E-state index contributed by atoms with van der Waals surface area (Å²) >= 11 is 0. The van der Waals surface area contributed by atoms with E-state index in [0.717, 1.165) is 11.4 Å². The number of fused-ring (bicyclic) bond motifs is 6. The first-order valence-corrected chi connectivity index (χ1v) is 17.4. The quantitative estimate of drug-likeness (QED) is 0.183. The number of anilines is 3. The Labute approximate surface area is 290 Å². The van der Waals surface area contributed by atoms with Crippen LogP contribution in [0.25, 0.3) is 44.5 Å². The molecule has 0 unspecified atom stereocenters. The van der Waals surface area contributed by atoms with Crippen molar-refractivity contribution in [1.82, 2.24) is 0 Å². The van der Waals surface area contributed by atoms with Gasteiger partial charge < -0.3 is 4.90 Å². The molecule has 0 radical (unpaired) electrons. The molecule has 2 aliphatic carbocycles. The number of rotatable bonds is 5. The molecule has 0 fully saturated rings. The van der Waals surface area contributed by atoms with Crippen molar-refractivity contribution < 1.29 is 0 Å². The van der Waals surface area contributed by atoms with Crippen molar-refractivity contribution in [3.8, 4) is 44.5 Å². The molecule has 0 heterocycles. The number of nitrogens with zero attached hydrogens (tertiary/aromatic N) is 1. The standard InChI is InChI=1S/C48H39N/c1-47(2)42-24-13-11-22-38(42)40-31-41-39-23-12-14-25-43(39)48(3,4)45(41)46(44(40)47)49(36-28-26-34(27-29-36)32-16-7-5-8-17-32)37-21-15-20-35(30-37)33-18-9-6-10-19-33/h5-31H,1-4H3. The van der Waals surface area contributed by atoms with E-state index >= 15 is 0 Å². The fourth-order valence-corrected chi connectivity index (χ4v) is 8.67. The first kappa shape index (κ1) is 29.5. The van der Waals surface area contributed by atoms with E-state index in [4.69, 9.17) is 0 Å². The van der Waals surface area contributed by atoms with Gasteiger partial charge in [-0.1, -0.05) is 161 Å². The Kier molecular flexibility index (Phi) is 6.58. The summed E-state index contributed by atoms with van der Waals surface area (Å²) in [5.41, 5.74) is 19.0.